The van der Waals surface area contributed by atoms with E-state index in [9.17, 15) is 14.4 Å². The van der Waals surface area contributed by atoms with Gasteiger partial charge in [-0.2, -0.15) is 0 Å². The Morgan fingerprint density at radius 3 is 1.90 bits per heavy atom. The van der Waals surface area contributed by atoms with E-state index in [4.69, 9.17) is 0 Å². The maximum absolute atomic E-state index is 12.2. The lowest BCUT2D eigenvalue weighted by atomic mass is 10.1. The molecule has 1 aliphatic carbocycles. The molecule has 0 aliphatic heterocycles. The Hall–Kier alpha value is -2.33. The second kappa shape index (κ2) is 5.22. The molecule has 0 saturated carbocycles. The Labute approximate surface area is 129 Å². The van der Waals surface area contributed by atoms with Crippen molar-refractivity contribution in [1.82, 2.24) is 0 Å². The second-order valence-electron chi connectivity index (χ2n) is 4.63. The second-order valence-corrected chi connectivity index (χ2v) is 5.55. The molecule has 0 amide bonds. The van der Waals surface area contributed by atoms with Gasteiger partial charge in [-0.05, 0) is 24.3 Å². The average Bonchev–Trinajstić information content (AvgIpc) is 2.73. The quantitative estimate of drug-likeness (QED) is 0.476. The fourth-order valence-electron chi connectivity index (χ4n) is 2.23. The maximum Gasteiger partial charge on any atom is 0.197 e. The molecule has 0 radical (unpaired) electrons. The number of benzene rings is 2. The summed E-state index contributed by atoms with van der Waals surface area (Å²) in [6.45, 7) is 0. The van der Waals surface area contributed by atoms with Crippen molar-refractivity contribution < 1.29 is 14.4 Å². The fourth-order valence-corrected chi connectivity index (χ4v) is 2.50. The Morgan fingerprint density at radius 2 is 1.38 bits per heavy atom. The van der Waals surface area contributed by atoms with Gasteiger partial charge in [-0.1, -0.05) is 40.2 Å². The Bertz CT molecular complexity index is 764. The van der Waals surface area contributed by atoms with E-state index in [1.165, 1.54) is 0 Å². The fraction of sp³-hybridized carbons (Fsp3) is 0. The average molecular weight is 341 g/mol. The van der Waals surface area contributed by atoms with Crippen molar-refractivity contribution >= 4 is 33.3 Å². The van der Waals surface area contributed by atoms with Crippen LogP contribution >= 0.6 is 15.9 Å². The van der Waals surface area contributed by atoms with Crippen LogP contribution in [-0.2, 0) is 0 Å². The molecule has 0 aromatic heterocycles. The topological polar surface area (TPSA) is 51.2 Å². The molecule has 0 unspecified atom stereocenters. The smallest absolute Gasteiger partial charge is 0.197 e. The molecule has 102 valence electrons. The molecule has 1 aliphatic rings. The summed E-state index contributed by atoms with van der Waals surface area (Å²) >= 11 is 3.29. The zero-order valence-electron chi connectivity index (χ0n) is 10.8. The van der Waals surface area contributed by atoms with E-state index in [2.05, 4.69) is 15.9 Å². The monoisotopic (exact) mass is 340 g/mol. The number of ketones is 3. The SMILES string of the molecule is O=C(C=C1C(=O)c2ccccc2C1=O)c1ccc(Br)cc1. The Balaban J connectivity index is 1.98. The molecular formula is C17H9BrO3. The lowest BCUT2D eigenvalue weighted by Gasteiger charge is -1.97. The number of fused-ring (bicyclic) bond motifs is 1. The van der Waals surface area contributed by atoms with Gasteiger partial charge in [-0.15, -0.1) is 0 Å². The van der Waals surface area contributed by atoms with Crippen molar-refractivity contribution in [3.8, 4) is 0 Å². The molecule has 3 rings (SSSR count). The van der Waals surface area contributed by atoms with Gasteiger partial charge in [0.05, 0.1) is 5.57 Å². The third-order valence-electron chi connectivity index (χ3n) is 3.31. The molecule has 0 saturated heterocycles. The van der Waals surface area contributed by atoms with E-state index in [1.807, 2.05) is 0 Å². The summed E-state index contributed by atoms with van der Waals surface area (Å²) in [4.78, 5) is 36.5. The van der Waals surface area contributed by atoms with Crippen molar-refractivity contribution in [2.75, 3.05) is 0 Å². The van der Waals surface area contributed by atoms with Crippen molar-refractivity contribution in [2.45, 2.75) is 0 Å². The predicted octanol–water partition coefficient (Wildman–Crippen LogP) is 3.64. The van der Waals surface area contributed by atoms with Gasteiger partial charge in [0.2, 0.25) is 0 Å². The molecule has 2 aromatic carbocycles. The summed E-state index contributed by atoms with van der Waals surface area (Å²) in [6, 6.07) is 13.3. The molecule has 3 nitrogen and oxygen atoms in total. The molecule has 0 heterocycles. The number of hydrogen-bond acceptors (Lipinski definition) is 3. The summed E-state index contributed by atoms with van der Waals surface area (Å²) in [7, 11) is 0. The normalized spacial score (nSPS) is 13.3. The summed E-state index contributed by atoms with van der Waals surface area (Å²) in [5, 5.41) is 0. The molecule has 2 aromatic rings. The lowest BCUT2D eigenvalue weighted by molar-refractivity contribution is 0.0971. The van der Waals surface area contributed by atoms with E-state index >= 15 is 0 Å². The number of Topliss-reactive ketones (excluding diaryl/α,β-unsaturated/α-hetero) is 2. The Morgan fingerprint density at radius 1 is 0.857 bits per heavy atom. The van der Waals surface area contributed by atoms with Crippen LogP contribution in [0, 0.1) is 0 Å². The van der Waals surface area contributed by atoms with Gasteiger partial charge >= 0.3 is 0 Å². The van der Waals surface area contributed by atoms with Crippen LogP contribution < -0.4 is 0 Å². The van der Waals surface area contributed by atoms with Gasteiger partial charge in [0.15, 0.2) is 17.3 Å². The highest BCUT2D eigenvalue weighted by Gasteiger charge is 2.33. The van der Waals surface area contributed by atoms with Crippen molar-refractivity contribution in [1.29, 1.82) is 0 Å². The summed E-state index contributed by atoms with van der Waals surface area (Å²) < 4.78 is 0.854. The minimum atomic E-state index is -0.388. The minimum absolute atomic E-state index is 0.0656. The van der Waals surface area contributed by atoms with E-state index in [-0.39, 0.29) is 22.9 Å². The third-order valence-corrected chi connectivity index (χ3v) is 3.84. The number of hydrogen-bond donors (Lipinski definition) is 0. The first kappa shape index (κ1) is 13.6. The summed E-state index contributed by atoms with van der Waals surface area (Å²) in [6.07, 6.45) is 1.13. The summed E-state index contributed by atoms with van der Waals surface area (Å²) in [5.41, 5.74) is 1.08. The van der Waals surface area contributed by atoms with Crippen LogP contribution in [0.5, 0.6) is 0 Å². The molecule has 21 heavy (non-hydrogen) atoms. The molecule has 0 N–H and O–H groups in total. The largest absolute Gasteiger partial charge is 0.289 e. The van der Waals surface area contributed by atoms with Gasteiger partial charge in [0, 0.05) is 27.2 Å². The molecule has 0 atom stereocenters. The van der Waals surface area contributed by atoms with Gasteiger partial charge in [-0.25, -0.2) is 0 Å². The molecule has 0 fully saturated rings. The van der Waals surface area contributed by atoms with E-state index in [0.29, 0.717) is 16.7 Å². The zero-order chi connectivity index (χ0) is 15.0. The van der Waals surface area contributed by atoms with E-state index in [1.54, 1.807) is 48.5 Å². The highest BCUT2D eigenvalue weighted by Crippen LogP contribution is 2.26. The number of rotatable bonds is 2. The third kappa shape index (κ3) is 2.38. The molecule has 0 spiro atoms. The van der Waals surface area contributed by atoms with Gasteiger partial charge in [0.25, 0.3) is 0 Å². The van der Waals surface area contributed by atoms with Crippen LogP contribution in [0.2, 0.25) is 0 Å². The van der Waals surface area contributed by atoms with Crippen LogP contribution in [0.4, 0.5) is 0 Å². The first-order valence-electron chi connectivity index (χ1n) is 6.28. The highest BCUT2D eigenvalue weighted by molar-refractivity contribution is 9.10. The van der Waals surface area contributed by atoms with Gasteiger partial charge in [-0.3, -0.25) is 14.4 Å². The zero-order valence-corrected chi connectivity index (χ0v) is 12.4. The van der Waals surface area contributed by atoms with Crippen molar-refractivity contribution in [3.63, 3.8) is 0 Å². The first-order valence-corrected chi connectivity index (χ1v) is 7.07. The van der Waals surface area contributed by atoms with Crippen molar-refractivity contribution in [2.24, 2.45) is 0 Å². The van der Waals surface area contributed by atoms with Gasteiger partial charge in [0.1, 0.15) is 0 Å². The number of allylic oxidation sites excluding steroid dienone is 2. The Kier molecular flexibility index (Phi) is 3.39. The summed E-state index contributed by atoms with van der Waals surface area (Å²) in [5.74, 6) is -1.13. The minimum Gasteiger partial charge on any atom is -0.289 e. The molecule has 0 bridgehead atoms. The maximum atomic E-state index is 12.2. The number of carbonyl (C=O) groups is 3. The van der Waals surface area contributed by atoms with Crippen LogP contribution in [0.15, 0.2) is 64.7 Å². The lowest BCUT2D eigenvalue weighted by Crippen LogP contribution is -2.05. The van der Waals surface area contributed by atoms with Crippen molar-refractivity contribution in [3.05, 3.63) is 81.3 Å². The van der Waals surface area contributed by atoms with Crippen LogP contribution in [0.3, 0.4) is 0 Å². The van der Waals surface area contributed by atoms with Crippen LogP contribution in [0.1, 0.15) is 31.1 Å². The molecular weight excluding hydrogens is 332 g/mol. The number of carbonyl (C=O) groups excluding carboxylic acids is 3. The van der Waals surface area contributed by atoms with E-state index < -0.39 is 0 Å². The van der Waals surface area contributed by atoms with Crippen LogP contribution in [0.25, 0.3) is 0 Å². The standard InChI is InChI=1S/C17H9BrO3/c18-11-7-5-10(6-8-11)15(19)9-14-16(20)12-3-1-2-4-13(12)17(14)21/h1-9H. The van der Waals surface area contributed by atoms with Crippen LogP contribution in [-0.4, -0.2) is 17.3 Å². The highest BCUT2D eigenvalue weighted by atomic mass is 79.9. The number of halogens is 1. The van der Waals surface area contributed by atoms with Gasteiger partial charge < -0.3 is 0 Å². The first-order chi connectivity index (χ1) is 10.1. The predicted molar refractivity (Wildman–Crippen MR) is 81.7 cm³/mol. The van der Waals surface area contributed by atoms with E-state index in [0.717, 1.165) is 10.5 Å². The molecule has 4 heteroatoms.